The van der Waals surface area contributed by atoms with Crippen LogP contribution in [-0.2, 0) is 20.4 Å². The number of carbonyl (C=O) groups is 1. The monoisotopic (exact) mass is 333 g/mol. The largest absolute Gasteiger partial charge is 0.416 e. The van der Waals surface area contributed by atoms with E-state index in [9.17, 15) is 23.1 Å². The highest BCUT2D eigenvalue weighted by atomic mass is 19.4. The molecule has 0 bridgehead atoms. The van der Waals surface area contributed by atoms with E-state index >= 15 is 0 Å². The molecule has 1 aromatic rings. The van der Waals surface area contributed by atoms with E-state index in [0.717, 1.165) is 6.07 Å². The van der Waals surface area contributed by atoms with Gasteiger partial charge in [0.15, 0.2) is 6.10 Å². The molecule has 23 heavy (non-hydrogen) atoms. The molecule has 0 spiro atoms. The fourth-order valence-electron chi connectivity index (χ4n) is 2.68. The molecular formula is C15H18F3NO4. The third-order valence-electron chi connectivity index (χ3n) is 3.86. The van der Waals surface area contributed by atoms with Crippen molar-refractivity contribution in [1.82, 2.24) is 4.90 Å². The fraction of sp³-hybridized carbons (Fsp3) is 0.533. The Bertz CT molecular complexity index is 564. The van der Waals surface area contributed by atoms with Crippen LogP contribution in [0.15, 0.2) is 24.3 Å². The summed E-state index contributed by atoms with van der Waals surface area (Å²) in [4.78, 5) is 13.8. The van der Waals surface area contributed by atoms with Crippen LogP contribution in [0.3, 0.4) is 0 Å². The lowest BCUT2D eigenvalue weighted by molar-refractivity contribution is -0.145. The molecule has 5 nitrogen and oxygen atoms in total. The second-order valence-electron chi connectivity index (χ2n) is 5.29. The van der Waals surface area contributed by atoms with Gasteiger partial charge in [-0.3, -0.25) is 4.79 Å². The van der Waals surface area contributed by atoms with E-state index in [1.54, 1.807) is 0 Å². The van der Waals surface area contributed by atoms with Crippen LogP contribution < -0.4 is 0 Å². The summed E-state index contributed by atoms with van der Waals surface area (Å²) >= 11 is 0. The first-order valence-corrected chi connectivity index (χ1v) is 6.98. The predicted molar refractivity (Wildman–Crippen MR) is 74.6 cm³/mol. The second-order valence-corrected chi connectivity index (χ2v) is 5.29. The number of β-amino-alcohol motifs (C(OH)–C–C–N with tert-alkyl or cyclic N) is 1. The number of carbonyl (C=O) groups excluding carboxylic acids is 1. The Hall–Kier alpha value is -1.64. The summed E-state index contributed by atoms with van der Waals surface area (Å²) in [7, 11) is 2.57. The summed E-state index contributed by atoms with van der Waals surface area (Å²) in [5.74, 6) is -0.636. The predicted octanol–water partition coefficient (Wildman–Crippen LogP) is 1.61. The Morgan fingerprint density at radius 1 is 1.30 bits per heavy atom. The molecule has 1 heterocycles. The van der Waals surface area contributed by atoms with Gasteiger partial charge in [0.25, 0.3) is 5.91 Å². The first-order chi connectivity index (χ1) is 10.8. The minimum atomic E-state index is -4.59. The molecular weight excluding hydrogens is 315 g/mol. The maximum Gasteiger partial charge on any atom is 0.416 e. The number of aliphatic hydroxyl groups is 1. The summed E-state index contributed by atoms with van der Waals surface area (Å²) in [5, 5.41) is 9.78. The maximum atomic E-state index is 13.1. The van der Waals surface area contributed by atoms with Gasteiger partial charge in [-0.05, 0) is 6.07 Å². The van der Waals surface area contributed by atoms with E-state index in [1.165, 1.54) is 37.3 Å². The van der Waals surface area contributed by atoms with Crippen molar-refractivity contribution in [3.63, 3.8) is 0 Å². The number of methoxy groups -OCH3 is 2. The summed E-state index contributed by atoms with van der Waals surface area (Å²) in [6, 6.07) is 4.80. The minimum Gasteiger partial charge on any atom is -0.388 e. The van der Waals surface area contributed by atoms with E-state index in [0.29, 0.717) is 0 Å². The van der Waals surface area contributed by atoms with E-state index in [1.807, 2.05) is 0 Å². The molecule has 1 aliphatic heterocycles. The van der Waals surface area contributed by atoms with Gasteiger partial charge in [-0.15, -0.1) is 0 Å². The number of nitrogens with zero attached hydrogens (tertiary/aromatic N) is 1. The molecule has 1 unspecified atom stereocenters. The minimum absolute atomic E-state index is 0.00855. The molecule has 0 radical (unpaired) electrons. The third-order valence-corrected chi connectivity index (χ3v) is 3.86. The van der Waals surface area contributed by atoms with E-state index in [4.69, 9.17) is 9.47 Å². The fourth-order valence-corrected chi connectivity index (χ4v) is 2.68. The Balaban J connectivity index is 2.29. The number of ether oxygens (including phenoxy) is 2. The number of hydrogen-bond donors (Lipinski definition) is 1. The molecule has 0 saturated carbocycles. The number of rotatable bonds is 4. The van der Waals surface area contributed by atoms with Gasteiger partial charge in [-0.2, -0.15) is 13.2 Å². The van der Waals surface area contributed by atoms with Crippen LogP contribution in [0.25, 0.3) is 0 Å². The Labute approximate surface area is 131 Å². The van der Waals surface area contributed by atoms with Crippen LogP contribution in [0.2, 0.25) is 0 Å². The summed E-state index contributed by atoms with van der Waals surface area (Å²) in [5.41, 5.74) is -1.16. The number of amides is 1. The van der Waals surface area contributed by atoms with Crippen molar-refractivity contribution in [2.75, 3.05) is 27.3 Å². The lowest BCUT2D eigenvalue weighted by atomic mass is 10.0. The quantitative estimate of drug-likeness (QED) is 0.909. The molecule has 128 valence electrons. The van der Waals surface area contributed by atoms with Crippen LogP contribution >= 0.6 is 0 Å². The zero-order valence-electron chi connectivity index (χ0n) is 12.7. The normalized spacial score (nSPS) is 23.1. The second kappa shape index (κ2) is 6.86. The van der Waals surface area contributed by atoms with Crippen molar-refractivity contribution < 1.29 is 32.5 Å². The van der Waals surface area contributed by atoms with Gasteiger partial charge >= 0.3 is 6.18 Å². The van der Waals surface area contributed by atoms with Gasteiger partial charge in [0.1, 0.15) is 6.10 Å². The van der Waals surface area contributed by atoms with Gasteiger partial charge in [0, 0.05) is 32.9 Å². The molecule has 0 aromatic heterocycles. The molecule has 1 aromatic carbocycles. The Kier molecular flexibility index (Phi) is 5.28. The molecule has 3 atom stereocenters. The first kappa shape index (κ1) is 17.7. The summed E-state index contributed by atoms with van der Waals surface area (Å²) in [6.45, 7) is 0.0932. The zero-order valence-corrected chi connectivity index (χ0v) is 12.7. The van der Waals surface area contributed by atoms with Gasteiger partial charge < -0.3 is 19.5 Å². The van der Waals surface area contributed by atoms with Crippen molar-refractivity contribution in [3.8, 4) is 0 Å². The van der Waals surface area contributed by atoms with Crippen LogP contribution in [0.4, 0.5) is 13.2 Å². The molecule has 1 fully saturated rings. The van der Waals surface area contributed by atoms with Crippen LogP contribution in [0, 0.1) is 0 Å². The van der Waals surface area contributed by atoms with E-state index < -0.39 is 36.0 Å². The molecule has 1 aliphatic rings. The topological polar surface area (TPSA) is 59.0 Å². The number of alkyl halides is 3. The average molecular weight is 333 g/mol. The number of hydrogen-bond acceptors (Lipinski definition) is 4. The molecule has 1 amide bonds. The van der Waals surface area contributed by atoms with Gasteiger partial charge in [-0.1, -0.05) is 18.2 Å². The maximum absolute atomic E-state index is 13.1. The number of likely N-dealkylation sites (tertiary alicyclic amines) is 1. The SMILES string of the molecule is COC(C(=O)N1C[C@@H](O)[C@H](OC)C1)c1ccccc1C(F)(F)F. The van der Waals surface area contributed by atoms with Gasteiger partial charge in [0.05, 0.1) is 11.7 Å². The summed E-state index contributed by atoms with van der Waals surface area (Å²) in [6.07, 6.45) is -7.42. The Morgan fingerprint density at radius 2 is 1.96 bits per heavy atom. The Morgan fingerprint density at radius 3 is 2.48 bits per heavy atom. The van der Waals surface area contributed by atoms with Gasteiger partial charge in [0.2, 0.25) is 0 Å². The van der Waals surface area contributed by atoms with Crippen molar-refractivity contribution in [1.29, 1.82) is 0 Å². The van der Waals surface area contributed by atoms with Crippen molar-refractivity contribution in [2.45, 2.75) is 24.5 Å². The highest BCUT2D eigenvalue weighted by Gasteiger charge is 2.41. The standard InChI is InChI=1S/C15H18F3NO4/c1-22-12-8-19(7-11(12)20)14(21)13(23-2)9-5-3-4-6-10(9)15(16,17)18/h3-6,11-13,20H,7-8H2,1-2H3/t11-,12-,13?/m1/s1. The summed E-state index contributed by atoms with van der Waals surface area (Å²) < 4.78 is 49.4. The van der Waals surface area contributed by atoms with Crippen molar-refractivity contribution >= 4 is 5.91 Å². The first-order valence-electron chi connectivity index (χ1n) is 6.98. The molecule has 8 heteroatoms. The smallest absolute Gasteiger partial charge is 0.388 e. The number of halogens is 3. The van der Waals surface area contributed by atoms with E-state index in [-0.39, 0.29) is 18.7 Å². The average Bonchev–Trinajstić information content (AvgIpc) is 2.88. The third kappa shape index (κ3) is 3.65. The lowest BCUT2D eigenvalue weighted by Gasteiger charge is -2.24. The number of aliphatic hydroxyl groups excluding tert-OH is 1. The van der Waals surface area contributed by atoms with Crippen molar-refractivity contribution in [2.24, 2.45) is 0 Å². The molecule has 1 N–H and O–H groups in total. The molecule has 2 rings (SSSR count). The highest BCUT2D eigenvalue weighted by molar-refractivity contribution is 5.83. The van der Waals surface area contributed by atoms with Crippen LogP contribution in [0.5, 0.6) is 0 Å². The van der Waals surface area contributed by atoms with E-state index in [2.05, 4.69) is 0 Å². The number of benzene rings is 1. The van der Waals surface area contributed by atoms with Crippen LogP contribution in [0.1, 0.15) is 17.2 Å². The zero-order chi connectivity index (χ0) is 17.2. The van der Waals surface area contributed by atoms with Gasteiger partial charge in [-0.25, -0.2) is 0 Å². The highest BCUT2D eigenvalue weighted by Crippen LogP contribution is 2.36. The molecule has 1 saturated heterocycles. The van der Waals surface area contributed by atoms with Crippen molar-refractivity contribution in [3.05, 3.63) is 35.4 Å². The lowest BCUT2D eigenvalue weighted by Crippen LogP contribution is -2.36. The molecule has 0 aliphatic carbocycles. The van der Waals surface area contributed by atoms with Crippen LogP contribution in [-0.4, -0.2) is 55.4 Å².